The van der Waals surface area contributed by atoms with E-state index in [1.165, 1.54) is 31.0 Å². The van der Waals surface area contributed by atoms with E-state index in [1.54, 1.807) is 29.2 Å². The minimum atomic E-state index is -0.575. The van der Waals surface area contributed by atoms with E-state index in [-0.39, 0.29) is 23.6 Å². The molecule has 2 amide bonds. The van der Waals surface area contributed by atoms with Crippen molar-refractivity contribution in [2.24, 2.45) is 0 Å². The Bertz CT molecular complexity index is 1380. The lowest BCUT2D eigenvalue weighted by molar-refractivity contribution is -0.123. The van der Waals surface area contributed by atoms with Gasteiger partial charge in [0, 0.05) is 5.69 Å². The molecule has 1 aliphatic heterocycles. The standard InChI is InChI=1S/C27H22ClFN2O4S2/c1-16(18-6-4-3-5-7-18)31-26(33)24(37-27(31)36)13-17-8-11-22(23(12-17)34-2)35-15-25(32)30-19-9-10-21(29)20(28)14-19/h3-14,16H,15H2,1-2H3,(H,30,32)/b24-13-/t16-/m0/s1. The number of thioether (sulfide) groups is 1. The lowest BCUT2D eigenvalue weighted by Gasteiger charge is -2.23. The largest absolute Gasteiger partial charge is 0.493 e. The molecular weight excluding hydrogens is 535 g/mol. The molecule has 0 spiro atoms. The molecule has 6 nitrogen and oxygen atoms in total. The summed E-state index contributed by atoms with van der Waals surface area (Å²) < 4.78 is 24.8. The van der Waals surface area contributed by atoms with Gasteiger partial charge in [0.1, 0.15) is 10.1 Å². The molecule has 0 bridgehead atoms. The van der Waals surface area contributed by atoms with Crippen molar-refractivity contribution in [3.63, 3.8) is 0 Å². The number of nitrogens with zero attached hydrogens (tertiary/aromatic N) is 1. The second kappa shape index (κ2) is 11.8. The summed E-state index contributed by atoms with van der Waals surface area (Å²) in [7, 11) is 1.48. The Morgan fingerprint density at radius 3 is 2.62 bits per heavy atom. The maximum Gasteiger partial charge on any atom is 0.266 e. The number of carbonyl (C=O) groups is 2. The maximum atomic E-state index is 13.3. The Labute approximate surface area is 228 Å². The summed E-state index contributed by atoms with van der Waals surface area (Å²) in [4.78, 5) is 27.5. The summed E-state index contributed by atoms with van der Waals surface area (Å²) in [6.07, 6.45) is 1.74. The third-order valence-electron chi connectivity index (χ3n) is 5.54. The average Bonchev–Trinajstić information content (AvgIpc) is 3.17. The van der Waals surface area contributed by atoms with Crippen LogP contribution in [0.25, 0.3) is 6.08 Å². The zero-order valence-electron chi connectivity index (χ0n) is 19.9. The molecule has 190 valence electrons. The Morgan fingerprint density at radius 2 is 1.92 bits per heavy atom. The monoisotopic (exact) mass is 556 g/mol. The maximum absolute atomic E-state index is 13.3. The van der Waals surface area contributed by atoms with Crippen LogP contribution >= 0.6 is 35.6 Å². The molecule has 1 heterocycles. The molecule has 10 heteroatoms. The SMILES string of the molecule is COc1cc(/C=C2\SC(=S)N([C@@H](C)c3ccccc3)C2=O)ccc1OCC(=O)Nc1ccc(F)c(Cl)c1. The summed E-state index contributed by atoms with van der Waals surface area (Å²) in [5.74, 6) is -0.460. The number of anilines is 1. The molecule has 1 aliphatic rings. The van der Waals surface area contributed by atoms with Crippen molar-refractivity contribution in [2.45, 2.75) is 13.0 Å². The fraction of sp³-hybridized carbons (Fsp3) is 0.148. The number of ether oxygens (including phenoxy) is 2. The number of methoxy groups -OCH3 is 1. The van der Waals surface area contributed by atoms with Crippen LogP contribution in [0, 0.1) is 5.82 Å². The highest BCUT2D eigenvalue weighted by Crippen LogP contribution is 2.39. The van der Waals surface area contributed by atoms with E-state index in [1.807, 2.05) is 37.3 Å². The number of hydrogen-bond acceptors (Lipinski definition) is 6. The predicted octanol–water partition coefficient (Wildman–Crippen LogP) is 6.47. The van der Waals surface area contributed by atoms with Gasteiger partial charge in [-0.3, -0.25) is 14.5 Å². The normalized spacial score (nSPS) is 15.1. The van der Waals surface area contributed by atoms with Crippen LogP contribution in [0.4, 0.5) is 10.1 Å². The van der Waals surface area contributed by atoms with Crippen molar-refractivity contribution in [2.75, 3.05) is 19.0 Å². The number of benzene rings is 3. The van der Waals surface area contributed by atoms with Crippen molar-refractivity contribution < 1.29 is 23.5 Å². The van der Waals surface area contributed by atoms with Gasteiger partial charge in [0.2, 0.25) is 0 Å². The van der Waals surface area contributed by atoms with Gasteiger partial charge in [0.25, 0.3) is 11.8 Å². The van der Waals surface area contributed by atoms with E-state index in [0.29, 0.717) is 32.0 Å². The first kappa shape index (κ1) is 26.7. The Hall–Kier alpha value is -3.40. The van der Waals surface area contributed by atoms with E-state index in [9.17, 15) is 14.0 Å². The zero-order valence-corrected chi connectivity index (χ0v) is 22.3. The quantitative estimate of drug-likeness (QED) is 0.253. The van der Waals surface area contributed by atoms with E-state index in [2.05, 4.69) is 5.32 Å². The van der Waals surface area contributed by atoms with Gasteiger partial charge in [0.05, 0.1) is 23.1 Å². The molecule has 1 N–H and O–H groups in total. The number of hydrogen-bond donors (Lipinski definition) is 1. The molecule has 0 unspecified atom stereocenters. The van der Waals surface area contributed by atoms with Gasteiger partial charge >= 0.3 is 0 Å². The van der Waals surface area contributed by atoms with Crippen LogP contribution in [0.5, 0.6) is 11.5 Å². The third kappa shape index (κ3) is 6.30. The second-order valence-electron chi connectivity index (χ2n) is 8.01. The van der Waals surface area contributed by atoms with E-state index in [0.717, 1.165) is 11.6 Å². The van der Waals surface area contributed by atoms with Crippen molar-refractivity contribution >= 4 is 63.5 Å². The van der Waals surface area contributed by atoms with E-state index < -0.39 is 11.7 Å². The van der Waals surface area contributed by atoms with Crippen LogP contribution in [0.3, 0.4) is 0 Å². The predicted molar refractivity (Wildman–Crippen MR) is 148 cm³/mol. The van der Waals surface area contributed by atoms with Crippen LogP contribution in [-0.2, 0) is 9.59 Å². The fourth-order valence-corrected chi connectivity index (χ4v) is 5.25. The molecular formula is C27H22ClFN2O4S2. The van der Waals surface area contributed by atoms with Crippen LogP contribution in [0.2, 0.25) is 5.02 Å². The molecule has 1 fully saturated rings. The summed E-state index contributed by atoms with van der Waals surface area (Å²) >= 11 is 12.5. The number of amides is 2. The van der Waals surface area contributed by atoms with Gasteiger partial charge < -0.3 is 14.8 Å². The molecule has 0 aromatic heterocycles. The van der Waals surface area contributed by atoms with Crippen LogP contribution in [0.1, 0.15) is 24.1 Å². The van der Waals surface area contributed by atoms with Crippen molar-refractivity contribution in [3.8, 4) is 11.5 Å². The van der Waals surface area contributed by atoms with Crippen LogP contribution < -0.4 is 14.8 Å². The van der Waals surface area contributed by atoms with Gasteiger partial charge in [-0.1, -0.05) is 72.0 Å². The molecule has 1 saturated heterocycles. The molecule has 0 saturated carbocycles. The van der Waals surface area contributed by atoms with Crippen LogP contribution in [-0.4, -0.2) is 34.8 Å². The molecule has 3 aromatic rings. The van der Waals surface area contributed by atoms with Crippen molar-refractivity contribution in [1.29, 1.82) is 0 Å². The highest BCUT2D eigenvalue weighted by atomic mass is 35.5. The highest BCUT2D eigenvalue weighted by molar-refractivity contribution is 8.26. The lowest BCUT2D eigenvalue weighted by atomic mass is 10.1. The number of rotatable bonds is 8. The molecule has 37 heavy (non-hydrogen) atoms. The fourth-order valence-electron chi connectivity index (χ4n) is 3.65. The highest BCUT2D eigenvalue weighted by Gasteiger charge is 2.35. The van der Waals surface area contributed by atoms with Gasteiger partial charge in [-0.15, -0.1) is 0 Å². The summed E-state index contributed by atoms with van der Waals surface area (Å²) in [6.45, 7) is 1.64. The Morgan fingerprint density at radius 1 is 1.16 bits per heavy atom. The van der Waals surface area contributed by atoms with Crippen LogP contribution in [0.15, 0.2) is 71.6 Å². The minimum Gasteiger partial charge on any atom is -0.493 e. The minimum absolute atomic E-state index is 0.0950. The molecule has 1 atom stereocenters. The van der Waals surface area contributed by atoms with Gasteiger partial charge in [-0.25, -0.2) is 4.39 Å². The van der Waals surface area contributed by atoms with E-state index >= 15 is 0 Å². The first-order chi connectivity index (χ1) is 17.8. The Balaban J connectivity index is 1.43. The van der Waals surface area contributed by atoms with Crippen molar-refractivity contribution in [1.82, 2.24) is 4.90 Å². The molecule has 4 rings (SSSR count). The van der Waals surface area contributed by atoms with Crippen molar-refractivity contribution in [3.05, 3.63) is 93.6 Å². The second-order valence-corrected chi connectivity index (χ2v) is 10.1. The number of thiocarbonyl (C=S) groups is 1. The number of halogens is 2. The topological polar surface area (TPSA) is 67.9 Å². The average molecular weight is 557 g/mol. The van der Waals surface area contributed by atoms with Gasteiger partial charge in [0.15, 0.2) is 18.1 Å². The van der Waals surface area contributed by atoms with Gasteiger partial charge in [-0.05, 0) is 54.5 Å². The first-order valence-electron chi connectivity index (χ1n) is 11.1. The zero-order chi connectivity index (χ0) is 26.5. The third-order valence-corrected chi connectivity index (χ3v) is 7.16. The molecule has 0 aliphatic carbocycles. The summed E-state index contributed by atoms with van der Waals surface area (Å²) in [5.41, 5.74) is 2.05. The molecule has 3 aromatic carbocycles. The summed E-state index contributed by atoms with van der Waals surface area (Å²) in [6, 6.07) is 18.5. The number of nitrogens with one attached hydrogen (secondary N) is 1. The van der Waals surface area contributed by atoms with E-state index in [4.69, 9.17) is 33.3 Å². The molecule has 0 radical (unpaired) electrons. The van der Waals surface area contributed by atoms with Gasteiger partial charge in [-0.2, -0.15) is 0 Å². The summed E-state index contributed by atoms with van der Waals surface area (Å²) in [5, 5.41) is 2.49. The Kier molecular flexibility index (Phi) is 8.48. The smallest absolute Gasteiger partial charge is 0.266 e. The number of carbonyl (C=O) groups excluding carboxylic acids is 2. The lowest BCUT2D eigenvalue weighted by Crippen LogP contribution is -2.30. The first-order valence-corrected chi connectivity index (χ1v) is 12.7.